The monoisotopic (exact) mass is 268 g/mol. The van der Waals surface area contributed by atoms with Gasteiger partial charge in [-0.3, -0.25) is 4.79 Å². The van der Waals surface area contributed by atoms with Gasteiger partial charge in [-0.2, -0.15) is 0 Å². The molecular weight excluding hydrogens is 240 g/mol. The predicted molar refractivity (Wildman–Crippen MR) is 76.0 cm³/mol. The molecule has 2 rings (SSSR count). The number of hydrogen-bond acceptors (Lipinski definition) is 4. The molecule has 1 N–H and O–H groups in total. The van der Waals surface area contributed by atoms with Crippen molar-refractivity contribution in [2.45, 2.75) is 57.5 Å². The molecule has 19 heavy (non-hydrogen) atoms. The van der Waals surface area contributed by atoms with Crippen LogP contribution in [0.1, 0.15) is 45.4 Å². The van der Waals surface area contributed by atoms with Gasteiger partial charge in [-0.25, -0.2) is 0 Å². The molecule has 4 nitrogen and oxygen atoms in total. The molecule has 0 aromatic carbocycles. The first-order valence-corrected chi connectivity index (χ1v) is 7.79. The van der Waals surface area contributed by atoms with Gasteiger partial charge in [-0.1, -0.05) is 19.8 Å². The van der Waals surface area contributed by atoms with Crippen LogP contribution in [0.5, 0.6) is 0 Å². The molecule has 110 valence electrons. The normalized spacial score (nSPS) is 29.6. The maximum absolute atomic E-state index is 11.8. The second kappa shape index (κ2) is 7.25. The van der Waals surface area contributed by atoms with Crippen LogP contribution >= 0.6 is 0 Å². The van der Waals surface area contributed by atoms with Crippen molar-refractivity contribution in [3.8, 4) is 0 Å². The lowest BCUT2D eigenvalue weighted by molar-refractivity contribution is -0.147. The van der Waals surface area contributed by atoms with Gasteiger partial charge in [0, 0.05) is 25.2 Å². The molecule has 1 heterocycles. The number of esters is 1. The van der Waals surface area contributed by atoms with Crippen molar-refractivity contribution in [3.05, 3.63) is 0 Å². The summed E-state index contributed by atoms with van der Waals surface area (Å²) >= 11 is 0. The Bertz CT molecular complexity index is 290. The molecule has 1 saturated carbocycles. The Hall–Kier alpha value is -0.610. The molecule has 2 unspecified atom stereocenters. The Morgan fingerprint density at radius 1 is 1.26 bits per heavy atom. The summed E-state index contributed by atoms with van der Waals surface area (Å²) in [5, 5.41) is 3.77. The third-order valence-corrected chi connectivity index (χ3v) is 4.43. The number of carbonyl (C=O) groups is 1. The fourth-order valence-corrected chi connectivity index (χ4v) is 3.57. The number of nitrogens with zero attached hydrogens (tertiary/aromatic N) is 1. The number of rotatable bonds is 5. The fourth-order valence-electron chi connectivity index (χ4n) is 3.57. The number of hydrogen-bond donors (Lipinski definition) is 1. The van der Waals surface area contributed by atoms with Gasteiger partial charge >= 0.3 is 5.97 Å². The standard InChI is InChI=1S/C15H28N2O2/c1-3-8-17-10-12(15(18)19-2)9-14(11-17)16-13-6-4-5-7-13/h12-14,16H,3-11H2,1-2H3. The summed E-state index contributed by atoms with van der Waals surface area (Å²) in [4.78, 5) is 14.2. The predicted octanol–water partition coefficient (Wildman–Crippen LogP) is 1.79. The molecule has 2 fully saturated rings. The molecule has 2 aliphatic rings. The minimum Gasteiger partial charge on any atom is -0.469 e. The summed E-state index contributed by atoms with van der Waals surface area (Å²) in [7, 11) is 1.50. The maximum atomic E-state index is 11.8. The van der Waals surface area contributed by atoms with Crippen LogP contribution in [0.4, 0.5) is 0 Å². The Labute approximate surface area is 116 Å². The first-order chi connectivity index (χ1) is 9.22. The van der Waals surface area contributed by atoms with Crippen LogP contribution < -0.4 is 5.32 Å². The zero-order valence-electron chi connectivity index (χ0n) is 12.4. The molecule has 1 saturated heterocycles. The van der Waals surface area contributed by atoms with Crippen molar-refractivity contribution in [1.82, 2.24) is 10.2 Å². The van der Waals surface area contributed by atoms with E-state index in [-0.39, 0.29) is 11.9 Å². The lowest BCUT2D eigenvalue weighted by atomic mass is 9.93. The molecule has 0 aromatic heterocycles. The van der Waals surface area contributed by atoms with Crippen molar-refractivity contribution in [2.75, 3.05) is 26.7 Å². The molecular formula is C15H28N2O2. The summed E-state index contributed by atoms with van der Waals surface area (Å²) in [6.07, 6.45) is 7.38. The van der Waals surface area contributed by atoms with Crippen molar-refractivity contribution in [3.63, 3.8) is 0 Å². The van der Waals surface area contributed by atoms with Crippen LogP contribution in [-0.2, 0) is 9.53 Å². The van der Waals surface area contributed by atoms with Gasteiger partial charge in [0.1, 0.15) is 0 Å². The summed E-state index contributed by atoms with van der Waals surface area (Å²) in [5.74, 6) is 0.00299. The van der Waals surface area contributed by atoms with Gasteiger partial charge in [0.05, 0.1) is 13.0 Å². The van der Waals surface area contributed by atoms with Gasteiger partial charge in [0.25, 0.3) is 0 Å². The van der Waals surface area contributed by atoms with Crippen molar-refractivity contribution < 1.29 is 9.53 Å². The smallest absolute Gasteiger partial charge is 0.310 e. The highest BCUT2D eigenvalue weighted by Crippen LogP contribution is 2.23. The Morgan fingerprint density at radius 2 is 2.00 bits per heavy atom. The number of piperidine rings is 1. The Balaban J connectivity index is 1.90. The van der Waals surface area contributed by atoms with E-state index >= 15 is 0 Å². The zero-order chi connectivity index (χ0) is 13.7. The Kier molecular flexibility index (Phi) is 5.64. The van der Waals surface area contributed by atoms with Crippen LogP contribution in [0.2, 0.25) is 0 Å². The molecule has 0 aromatic rings. The summed E-state index contributed by atoms with van der Waals surface area (Å²) < 4.78 is 4.94. The lowest BCUT2D eigenvalue weighted by Crippen LogP contribution is -2.53. The van der Waals surface area contributed by atoms with E-state index in [9.17, 15) is 4.79 Å². The van der Waals surface area contributed by atoms with E-state index in [1.807, 2.05) is 0 Å². The van der Waals surface area contributed by atoms with E-state index < -0.39 is 0 Å². The van der Waals surface area contributed by atoms with Crippen molar-refractivity contribution >= 4 is 5.97 Å². The summed E-state index contributed by atoms with van der Waals surface area (Å²) in [6, 6.07) is 1.12. The van der Waals surface area contributed by atoms with Crippen LogP contribution in [0.25, 0.3) is 0 Å². The average Bonchev–Trinajstić information content (AvgIpc) is 2.90. The van der Waals surface area contributed by atoms with Crippen LogP contribution in [0.15, 0.2) is 0 Å². The van der Waals surface area contributed by atoms with Gasteiger partial charge in [-0.15, -0.1) is 0 Å². The summed E-state index contributed by atoms with van der Waals surface area (Å²) in [5.41, 5.74) is 0. The number of nitrogens with one attached hydrogen (secondary N) is 1. The maximum Gasteiger partial charge on any atom is 0.310 e. The van der Waals surface area contributed by atoms with Gasteiger partial charge in [-0.05, 0) is 32.2 Å². The largest absolute Gasteiger partial charge is 0.469 e. The van der Waals surface area contributed by atoms with Crippen LogP contribution in [0.3, 0.4) is 0 Å². The minimum atomic E-state index is -0.0426. The van der Waals surface area contributed by atoms with Gasteiger partial charge in [0.15, 0.2) is 0 Å². The third-order valence-electron chi connectivity index (χ3n) is 4.43. The van der Waals surface area contributed by atoms with Crippen molar-refractivity contribution in [1.29, 1.82) is 0 Å². The lowest BCUT2D eigenvalue weighted by Gasteiger charge is -2.38. The van der Waals surface area contributed by atoms with E-state index in [0.717, 1.165) is 32.5 Å². The molecule has 1 aliphatic carbocycles. The van der Waals surface area contributed by atoms with E-state index in [1.165, 1.54) is 32.8 Å². The zero-order valence-corrected chi connectivity index (χ0v) is 12.4. The second-order valence-corrected chi connectivity index (χ2v) is 6.06. The van der Waals surface area contributed by atoms with E-state index in [4.69, 9.17) is 4.74 Å². The molecule has 0 bridgehead atoms. The number of methoxy groups -OCH3 is 1. The van der Waals surface area contributed by atoms with E-state index in [2.05, 4.69) is 17.1 Å². The highest BCUT2D eigenvalue weighted by molar-refractivity contribution is 5.72. The fraction of sp³-hybridized carbons (Fsp3) is 0.933. The van der Waals surface area contributed by atoms with Gasteiger partial charge < -0.3 is 15.0 Å². The average molecular weight is 268 g/mol. The minimum absolute atomic E-state index is 0.0426. The quantitative estimate of drug-likeness (QED) is 0.772. The SMILES string of the molecule is CCCN1CC(NC2CCCC2)CC(C(=O)OC)C1. The third kappa shape index (κ3) is 4.18. The number of carbonyl (C=O) groups excluding carboxylic acids is 1. The van der Waals surface area contributed by atoms with Crippen LogP contribution in [0, 0.1) is 5.92 Å². The highest BCUT2D eigenvalue weighted by Gasteiger charge is 2.33. The molecule has 1 aliphatic heterocycles. The molecule has 0 radical (unpaired) electrons. The van der Waals surface area contributed by atoms with E-state index in [1.54, 1.807) is 0 Å². The molecule has 2 atom stereocenters. The van der Waals surface area contributed by atoms with Gasteiger partial charge in [0.2, 0.25) is 0 Å². The number of likely N-dealkylation sites (tertiary alicyclic amines) is 1. The van der Waals surface area contributed by atoms with Crippen LogP contribution in [-0.4, -0.2) is 49.7 Å². The van der Waals surface area contributed by atoms with E-state index in [0.29, 0.717) is 12.1 Å². The summed E-state index contributed by atoms with van der Waals surface area (Å²) in [6.45, 7) is 5.22. The van der Waals surface area contributed by atoms with Crippen molar-refractivity contribution in [2.24, 2.45) is 5.92 Å². The topological polar surface area (TPSA) is 41.6 Å². The second-order valence-electron chi connectivity index (χ2n) is 6.06. The molecule has 0 spiro atoms. The molecule has 4 heteroatoms. The highest BCUT2D eigenvalue weighted by atomic mass is 16.5. The molecule has 0 amide bonds. The first-order valence-electron chi connectivity index (χ1n) is 7.79. The Morgan fingerprint density at radius 3 is 2.63 bits per heavy atom. The number of ether oxygens (including phenoxy) is 1. The first kappa shape index (κ1) is 14.8.